The average Bonchev–Trinajstić information content (AvgIpc) is 2.97. The molecular weight excluding hydrogens is 262 g/mol. The zero-order chi connectivity index (χ0) is 15.1. The highest BCUT2D eigenvalue weighted by molar-refractivity contribution is 5.31. The number of nitrogens with zero attached hydrogens (tertiary/aromatic N) is 2. The highest BCUT2D eigenvalue weighted by atomic mass is 16.5. The third-order valence-electron chi connectivity index (χ3n) is 3.17. The Balaban J connectivity index is 1.82. The second-order valence-electron chi connectivity index (χ2n) is 5.24. The Morgan fingerprint density at radius 1 is 1.38 bits per heavy atom. The van der Waals surface area contributed by atoms with Crippen molar-refractivity contribution in [2.24, 2.45) is 0 Å². The van der Waals surface area contributed by atoms with Gasteiger partial charge in [-0.05, 0) is 26.0 Å². The summed E-state index contributed by atoms with van der Waals surface area (Å²) in [5, 5.41) is 7.84. The molecule has 0 saturated carbocycles. The molecule has 0 aliphatic rings. The molecular formula is C17H23N3O. The van der Waals surface area contributed by atoms with Gasteiger partial charge in [0.05, 0.1) is 25.1 Å². The smallest absolute Gasteiger partial charge is 0.0672 e. The van der Waals surface area contributed by atoms with E-state index in [0.717, 1.165) is 17.8 Å². The van der Waals surface area contributed by atoms with E-state index < -0.39 is 0 Å². The molecule has 2 aromatic rings. The number of rotatable bonds is 8. The van der Waals surface area contributed by atoms with Gasteiger partial charge >= 0.3 is 0 Å². The summed E-state index contributed by atoms with van der Waals surface area (Å²) in [5.41, 5.74) is 3.28. The molecule has 1 aromatic carbocycles. The van der Waals surface area contributed by atoms with Gasteiger partial charge < -0.3 is 10.1 Å². The standard InChI is InChI=1S/C17H23N3O/c1-14(2)13-21-10-9-18-15(3)16-11-19-20(12-16)17-7-5-4-6-8-17/h4-8,11-12,15,18H,1,9-10,13H2,2-3H3. The van der Waals surface area contributed by atoms with Crippen molar-refractivity contribution < 1.29 is 4.74 Å². The van der Waals surface area contributed by atoms with Gasteiger partial charge in [-0.15, -0.1) is 0 Å². The van der Waals surface area contributed by atoms with Gasteiger partial charge in [0.1, 0.15) is 0 Å². The van der Waals surface area contributed by atoms with Gasteiger partial charge in [-0.2, -0.15) is 5.10 Å². The summed E-state index contributed by atoms with van der Waals surface area (Å²) in [4.78, 5) is 0. The summed E-state index contributed by atoms with van der Waals surface area (Å²) >= 11 is 0. The number of aromatic nitrogens is 2. The third kappa shape index (κ3) is 4.85. The lowest BCUT2D eigenvalue weighted by Gasteiger charge is -2.12. The average molecular weight is 285 g/mol. The van der Waals surface area contributed by atoms with Crippen LogP contribution < -0.4 is 5.32 Å². The summed E-state index contributed by atoms with van der Waals surface area (Å²) in [5.74, 6) is 0. The number of benzene rings is 1. The topological polar surface area (TPSA) is 39.1 Å². The molecule has 0 amide bonds. The van der Waals surface area contributed by atoms with Crippen molar-refractivity contribution in [3.8, 4) is 5.69 Å². The van der Waals surface area contributed by atoms with Crippen LogP contribution in [-0.4, -0.2) is 29.5 Å². The van der Waals surface area contributed by atoms with Crippen molar-refractivity contribution in [1.29, 1.82) is 0 Å². The Kier molecular flexibility index (Phi) is 5.72. The van der Waals surface area contributed by atoms with E-state index in [-0.39, 0.29) is 6.04 Å². The van der Waals surface area contributed by atoms with E-state index in [1.165, 1.54) is 5.56 Å². The van der Waals surface area contributed by atoms with Crippen molar-refractivity contribution in [1.82, 2.24) is 15.1 Å². The van der Waals surface area contributed by atoms with Gasteiger partial charge in [0.2, 0.25) is 0 Å². The fourth-order valence-electron chi connectivity index (χ4n) is 1.99. The first kappa shape index (κ1) is 15.5. The number of hydrogen-bond acceptors (Lipinski definition) is 3. The monoisotopic (exact) mass is 285 g/mol. The van der Waals surface area contributed by atoms with Gasteiger partial charge in [-0.3, -0.25) is 0 Å². The number of para-hydroxylation sites is 1. The molecule has 1 N–H and O–H groups in total. The molecule has 2 rings (SSSR count). The Hall–Kier alpha value is -1.91. The Morgan fingerprint density at radius 3 is 2.86 bits per heavy atom. The SMILES string of the molecule is C=C(C)COCCNC(C)c1cnn(-c2ccccc2)c1. The summed E-state index contributed by atoms with van der Waals surface area (Å²) < 4.78 is 7.37. The lowest BCUT2D eigenvalue weighted by Crippen LogP contribution is -2.23. The first-order valence-electron chi connectivity index (χ1n) is 7.22. The highest BCUT2D eigenvalue weighted by Gasteiger charge is 2.08. The number of hydrogen-bond donors (Lipinski definition) is 1. The van der Waals surface area contributed by atoms with Crippen LogP contribution >= 0.6 is 0 Å². The summed E-state index contributed by atoms with van der Waals surface area (Å²) in [6.07, 6.45) is 3.96. The minimum atomic E-state index is 0.246. The van der Waals surface area contributed by atoms with E-state index >= 15 is 0 Å². The lowest BCUT2D eigenvalue weighted by molar-refractivity contribution is 0.156. The molecule has 0 aliphatic heterocycles. The van der Waals surface area contributed by atoms with Crippen molar-refractivity contribution in [3.63, 3.8) is 0 Å². The van der Waals surface area contributed by atoms with Crippen LogP contribution in [0.2, 0.25) is 0 Å². The Morgan fingerprint density at radius 2 is 2.14 bits per heavy atom. The lowest BCUT2D eigenvalue weighted by atomic mass is 10.2. The van der Waals surface area contributed by atoms with Crippen LogP contribution in [0.3, 0.4) is 0 Å². The summed E-state index contributed by atoms with van der Waals surface area (Å²) in [6, 6.07) is 10.4. The predicted octanol–water partition coefficient (Wildman–Crippen LogP) is 3.12. The molecule has 4 nitrogen and oxygen atoms in total. The number of nitrogens with one attached hydrogen (secondary N) is 1. The molecule has 0 aliphatic carbocycles. The Bertz CT molecular complexity index is 562. The van der Waals surface area contributed by atoms with Crippen molar-refractivity contribution in [2.45, 2.75) is 19.9 Å². The normalized spacial score (nSPS) is 12.3. The van der Waals surface area contributed by atoms with Crippen LogP contribution in [0, 0.1) is 0 Å². The van der Waals surface area contributed by atoms with Gasteiger partial charge in [0.15, 0.2) is 0 Å². The molecule has 0 radical (unpaired) electrons. The van der Waals surface area contributed by atoms with E-state index in [4.69, 9.17) is 4.74 Å². The predicted molar refractivity (Wildman–Crippen MR) is 85.6 cm³/mol. The van der Waals surface area contributed by atoms with Gasteiger partial charge in [0, 0.05) is 24.3 Å². The van der Waals surface area contributed by atoms with Crippen LogP contribution in [0.1, 0.15) is 25.5 Å². The van der Waals surface area contributed by atoms with Crippen molar-refractivity contribution in [2.75, 3.05) is 19.8 Å². The fraction of sp³-hybridized carbons (Fsp3) is 0.353. The molecule has 112 valence electrons. The van der Waals surface area contributed by atoms with Crippen LogP contribution in [0.5, 0.6) is 0 Å². The van der Waals surface area contributed by atoms with Gasteiger partial charge in [-0.25, -0.2) is 4.68 Å². The van der Waals surface area contributed by atoms with E-state index in [1.807, 2.05) is 48.1 Å². The molecule has 1 heterocycles. The van der Waals surface area contributed by atoms with E-state index in [9.17, 15) is 0 Å². The minimum Gasteiger partial charge on any atom is -0.376 e. The molecule has 0 fully saturated rings. The molecule has 0 bridgehead atoms. The number of ether oxygens (including phenoxy) is 1. The zero-order valence-corrected chi connectivity index (χ0v) is 12.7. The maximum Gasteiger partial charge on any atom is 0.0672 e. The highest BCUT2D eigenvalue weighted by Crippen LogP contribution is 2.13. The first-order chi connectivity index (χ1) is 10.2. The molecule has 1 aromatic heterocycles. The van der Waals surface area contributed by atoms with Crippen LogP contribution in [-0.2, 0) is 4.74 Å². The van der Waals surface area contributed by atoms with Gasteiger partial charge in [-0.1, -0.05) is 30.4 Å². The maximum absolute atomic E-state index is 5.47. The molecule has 21 heavy (non-hydrogen) atoms. The van der Waals surface area contributed by atoms with Crippen LogP contribution in [0.4, 0.5) is 0 Å². The first-order valence-corrected chi connectivity index (χ1v) is 7.22. The van der Waals surface area contributed by atoms with E-state index in [2.05, 4.69) is 30.1 Å². The van der Waals surface area contributed by atoms with E-state index in [1.54, 1.807) is 0 Å². The molecule has 0 spiro atoms. The summed E-state index contributed by atoms with van der Waals surface area (Å²) in [7, 11) is 0. The second-order valence-corrected chi connectivity index (χ2v) is 5.24. The fourth-order valence-corrected chi connectivity index (χ4v) is 1.99. The molecule has 1 unspecified atom stereocenters. The molecule has 0 saturated heterocycles. The maximum atomic E-state index is 5.47. The zero-order valence-electron chi connectivity index (χ0n) is 12.7. The van der Waals surface area contributed by atoms with Crippen molar-refractivity contribution >= 4 is 0 Å². The van der Waals surface area contributed by atoms with Crippen molar-refractivity contribution in [3.05, 3.63) is 60.4 Å². The second kappa shape index (κ2) is 7.76. The van der Waals surface area contributed by atoms with E-state index in [0.29, 0.717) is 13.2 Å². The van der Waals surface area contributed by atoms with Crippen LogP contribution in [0.15, 0.2) is 54.9 Å². The summed E-state index contributed by atoms with van der Waals surface area (Å²) in [6.45, 7) is 10.0. The molecule has 1 atom stereocenters. The largest absolute Gasteiger partial charge is 0.376 e. The van der Waals surface area contributed by atoms with Crippen LogP contribution in [0.25, 0.3) is 5.69 Å². The molecule has 4 heteroatoms. The quantitative estimate of drug-likeness (QED) is 0.598. The minimum absolute atomic E-state index is 0.246. The Labute approximate surface area is 126 Å². The van der Waals surface area contributed by atoms with Gasteiger partial charge in [0.25, 0.3) is 0 Å². The third-order valence-corrected chi connectivity index (χ3v) is 3.17.